The third-order valence-electron chi connectivity index (χ3n) is 15.3. The minimum absolute atomic E-state index is 0.0190. The van der Waals surface area contributed by atoms with Crippen molar-refractivity contribution in [2.24, 2.45) is 0 Å². The fourth-order valence-electron chi connectivity index (χ4n) is 9.77. The first-order valence-corrected chi connectivity index (χ1v) is 37.2. The maximum atomic E-state index is 13.0. The first-order chi connectivity index (χ1) is 42.5. The number of carbonyl (C=O) groups excluding carboxylic acids is 1. The molecule has 0 spiro atoms. The quantitative estimate of drug-likeness (QED) is 0.0272. The molecule has 498 valence electrons. The van der Waals surface area contributed by atoms with Crippen LogP contribution in [0, 0.1) is 0 Å². The Kier molecular flexibility index (Phi) is 64.0. The largest absolute Gasteiger partial charge is 0.756 e. The molecule has 0 bridgehead atoms. The highest BCUT2D eigenvalue weighted by Gasteiger charge is 2.23. The Bertz CT molecular complexity index is 1930. The number of unbranched alkanes of at least 4 members (excludes halogenated alkanes) is 29. The molecule has 1 amide bonds. The van der Waals surface area contributed by atoms with Gasteiger partial charge in [0.05, 0.1) is 39.9 Å². The molecule has 87 heavy (non-hydrogen) atoms. The van der Waals surface area contributed by atoms with Gasteiger partial charge in [-0.2, -0.15) is 0 Å². The Morgan fingerprint density at radius 2 is 0.713 bits per heavy atom. The van der Waals surface area contributed by atoms with Crippen LogP contribution in [0.3, 0.4) is 0 Å². The summed E-state index contributed by atoms with van der Waals surface area (Å²) < 4.78 is 23.4. The molecule has 3 atom stereocenters. The van der Waals surface area contributed by atoms with Gasteiger partial charge in [0.15, 0.2) is 0 Å². The summed E-state index contributed by atoms with van der Waals surface area (Å²) in [5, 5.41) is 13.9. The Morgan fingerprint density at radius 3 is 1.07 bits per heavy atom. The van der Waals surface area contributed by atoms with Crippen molar-refractivity contribution in [3.63, 3.8) is 0 Å². The zero-order valence-electron chi connectivity index (χ0n) is 56.9. The Morgan fingerprint density at radius 1 is 0.414 bits per heavy atom. The molecule has 9 heteroatoms. The van der Waals surface area contributed by atoms with E-state index in [-0.39, 0.29) is 12.5 Å². The van der Waals surface area contributed by atoms with Crippen molar-refractivity contribution in [2.75, 3.05) is 40.9 Å². The third kappa shape index (κ3) is 69.7. The van der Waals surface area contributed by atoms with Gasteiger partial charge in [0.2, 0.25) is 5.91 Å². The van der Waals surface area contributed by atoms with Crippen LogP contribution in [-0.2, 0) is 18.4 Å². The van der Waals surface area contributed by atoms with Crippen molar-refractivity contribution in [1.29, 1.82) is 0 Å². The van der Waals surface area contributed by atoms with Gasteiger partial charge in [-0.05, 0) is 116 Å². The van der Waals surface area contributed by atoms with Crippen molar-refractivity contribution in [2.45, 2.75) is 302 Å². The number of aliphatic hydroxyl groups excluding tert-OH is 1. The number of phosphoric acid groups is 1. The van der Waals surface area contributed by atoms with Crippen LogP contribution in [0.4, 0.5) is 0 Å². The smallest absolute Gasteiger partial charge is 0.268 e. The summed E-state index contributed by atoms with van der Waals surface area (Å²) in [6.07, 6.45) is 103. The van der Waals surface area contributed by atoms with Gasteiger partial charge in [-0.3, -0.25) is 9.36 Å². The van der Waals surface area contributed by atoms with Crippen molar-refractivity contribution in [3.05, 3.63) is 146 Å². The van der Waals surface area contributed by atoms with Gasteiger partial charge in [-0.15, -0.1) is 0 Å². The summed E-state index contributed by atoms with van der Waals surface area (Å²) in [7, 11) is 1.21. The van der Waals surface area contributed by atoms with E-state index in [4.69, 9.17) is 9.05 Å². The topological polar surface area (TPSA) is 108 Å². The molecule has 8 nitrogen and oxygen atoms in total. The number of allylic oxidation sites excluding steroid dienone is 23. The summed E-state index contributed by atoms with van der Waals surface area (Å²) in [6, 6.07) is -0.929. The van der Waals surface area contributed by atoms with Crippen LogP contribution in [0.5, 0.6) is 0 Å². The van der Waals surface area contributed by atoms with Crippen molar-refractivity contribution in [3.8, 4) is 0 Å². The second-order valence-electron chi connectivity index (χ2n) is 24.8. The summed E-state index contributed by atoms with van der Waals surface area (Å²) in [4.78, 5) is 25.6. The number of amides is 1. The molecule has 0 saturated carbocycles. The van der Waals surface area contributed by atoms with Gasteiger partial charge in [0.1, 0.15) is 13.2 Å². The van der Waals surface area contributed by atoms with E-state index < -0.39 is 26.6 Å². The van der Waals surface area contributed by atoms with E-state index >= 15 is 0 Å². The zero-order chi connectivity index (χ0) is 63.4. The molecule has 0 aromatic rings. The number of rotatable bonds is 64. The van der Waals surface area contributed by atoms with Gasteiger partial charge in [-0.1, -0.05) is 314 Å². The molecule has 3 unspecified atom stereocenters. The van der Waals surface area contributed by atoms with Gasteiger partial charge >= 0.3 is 0 Å². The molecular weight excluding hydrogens is 1090 g/mol. The van der Waals surface area contributed by atoms with E-state index in [1.165, 1.54) is 154 Å². The molecule has 0 aromatic heterocycles. The van der Waals surface area contributed by atoms with Gasteiger partial charge in [-0.25, -0.2) is 0 Å². The lowest BCUT2D eigenvalue weighted by atomic mass is 10.0. The fraction of sp³-hybridized carbons (Fsp3) is 0.679. The van der Waals surface area contributed by atoms with Crippen LogP contribution in [0.15, 0.2) is 146 Å². The molecule has 0 aliphatic rings. The predicted molar refractivity (Wildman–Crippen MR) is 380 cm³/mol. The average Bonchev–Trinajstić information content (AvgIpc) is 3.70. The summed E-state index contributed by atoms with van der Waals surface area (Å²) in [5.41, 5.74) is 0. The molecular formula is C78H135N2O6P. The number of aliphatic hydroxyl groups is 1. The van der Waals surface area contributed by atoms with Gasteiger partial charge in [0, 0.05) is 6.42 Å². The normalized spacial score (nSPS) is 14.5. The van der Waals surface area contributed by atoms with E-state index in [9.17, 15) is 19.4 Å². The number of nitrogens with one attached hydrogen (secondary N) is 1. The van der Waals surface area contributed by atoms with Crippen LogP contribution in [0.25, 0.3) is 0 Å². The van der Waals surface area contributed by atoms with Crippen LogP contribution in [-0.4, -0.2) is 68.5 Å². The first-order valence-electron chi connectivity index (χ1n) is 35.7. The van der Waals surface area contributed by atoms with Crippen molar-refractivity contribution in [1.82, 2.24) is 5.32 Å². The van der Waals surface area contributed by atoms with E-state index in [0.29, 0.717) is 17.4 Å². The third-order valence-corrected chi connectivity index (χ3v) is 16.2. The summed E-state index contributed by atoms with van der Waals surface area (Å²) >= 11 is 0. The number of likely N-dealkylation sites (N-methyl/N-ethyl adjacent to an activating group) is 1. The van der Waals surface area contributed by atoms with E-state index in [0.717, 1.165) is 116 Å². The molecule has 2 N–H and O–H groups in total. The monoisotopic (exact) mass is 1230 g/mol. The minimum atomic E-state index is -4.63. The molecule has 0 aliphatic carbocycles. The number of hydrogen-bond acceptors (Lipinski definition) is 6. The molecule has 0 rings (SSSR count). The highest BCUT2D eigenvalue weighted by molar-refractivity contribution is 7.45. The first kappa shape index (κ1) is 83.4. The zero-order valence-corrected chi connectivity index (χ0v) is 57.8. The molecule has 0 radical (unpaired) electrons. The van der Waals surface area contributed by atoms with E-state index in [1.54, 1.807) is 6.08 Å². The predicted octanol–water partition coefficient (Wildman–Crippen LogP) is 22.5. The Labute approximate surface area is 538 Å². The number of hydrogen-bond donors (Lipinski definition) is 2. The standard InChI is InChI=1S/C78H135N2O6P/c1-6-8-10-12-14-16-18-20-22-24-26-28-30-32-34-36-38-39-40-41-42-44-46-48-50-52-54-56-58-60-62-64-66-68-70-72-78(82)79-76(75-86-87(83,84)85-74-73-80(3,4)5)77(81)71-69-67-65-63-61-59-57-55-53-51-49-47-45-43-37-35-33-31-29-27-25-23-21-19-17-15-13-11-9-7-2/h8,10,14,16,20,22,26,28,32,34,38-39,41-42,46,48,52-55,61,63,69,71,76-77,81H,6-7,9,11-13,15,17-19,21,23-25,27,29-31,33,35-37,40,43-45,47,49-51,56-60,62,64-68,70,72-75H2,1-5H3,(H-,79,82,83,84)/b10-8-,16-14-,22-20-,28-26-,34-32-,39-38-,42-41-,48-46-,54-52-,55-53+,63-61+,71-69+. The lowest BCUT2D eigenvalue weighted by Gasteiger charge is -2.29. The van der Waals surface area contributed by atoms with Crippen LogP contribution < -0.4 is 10.2 Å². The number of quaternary nitrogens is 1. The molecule has 0 aliphatic heterocycles. The number of nitrogens with zero attached hydrogens (tertiary/aromatic N) is 1. The molecule has 0 heterocycles. The van der Waals surface area contributed by atoms with E-state index in [1.807, 2.05) is 27.2 Å². The Hall–Kier alpha value is -3.62. The van der Waals surface area contributed by atoms with Crippen molar-refractivity contribution >= 4 is 13.7 Å². The minimum Gasteiger partial charge on any atom is -0.756 e. The fourth-order valence-corrected chi connectivity index (χ4v) is 10.5. The summed E-state index contributed by atoms with van der Waals surface area (Å²) in [6.45, 7) is 4.51. The lowest BCUT2D eigenvalue weighted by molar-refractivity contribution is -0.870. The lowest BCUT2D eigenvalue weighted by Crippen LogP contribution is -2.45. The van der Waals surface area contributed by atoms with Gasteiger partial charge < -0.3 is 28.8 Å². The molecule has 0 fully saturated rings. The van der Waals surface area contributed by atoms with Crippen LogP contribution in [0.2, 0.25) is 0 Å². The Balaban J connectivity index is 4.22. The highest BCUT2D eigenvalue weighted by atomic mass is 31.2. The summed E-state index contributed by atoms with van der Waals surface area (Å²) in [5.74, 6) is -0.226. The second-order valence-corrected chi connectivity index (χ2v) is 26.2. The number of carbonyl (C=O) groups is 1. The SMILES string of the molecule is CC/C=C\C/C=C\C/C=C\C/C=C\C/C=C\C/C=C\C/C=C\C/C=C\C/C=C\CCCCCCCCCC(=O)NC(COP(=O)([O-])OCC[N+](C)(C)C)C(O)/C=C/CC/C=C/CC/C=C/CCCCCCCCCCCCCCCCCCCCCC. The van der Waals surface area contributed by atoms with Gasteiger partial charge in [0.25, 0.3) is 7.82 Å². The molecule has 0 aromatic carbocycles. The van der Waals surface area contributed by atoms with Crippen LogP contribution in [0.1, 0.15) is 290 Å². The van der Waals surface area contributed by atoms with Crippen molar-refractivity contribution < 1.29 is 32.9 Å². The maximum absolute atomic E-state index is 13.0. The van der Waals surface area contributed by atoms with Crippen LogP contribution >= 0.6 is 7.82 Å². The molecule has 0 saturated heterocycles. The van der Waals surface area contributed by atoms with E-state index in [2.05, 4.69) is 153 Å². The maximum Gasteiger partial charge on any atom is 0.268 e. The average molecular weight is 1230 g/mol. The highest BCUT2D eigenvalue weighted by Crippen LogP contribution is 2.38. The second kappa shape index (κ2) is 66.8. The number of phosphoric ester groups is 1.